The summed E-state index contributed by atoms with van der Waals surface area (Å²) in [4.78, 5) is 0.547. The Hall–Kier alpha value is -1.63. The van der Waals surface area contributed by atoms with E-state index in [1.54, 1.807) is 18.2 Å². The first-order chi connectivity index (χ1) is 10.2. The number of benzene rings is 1. The Labute approximate surface area is 126 Å². The predicted octanol–water partition coefficient (Wildman–Crippen LogP) is 3.54. The Morgan fingerprint density at radius 2 is 2.10 bits per heavy atom. The van der Waals surface area contributed by atoms with Crippen LogP contribution in [0.3, 0.4) is 0 Å². The van der Waals surface area contributed by atoms with E-state index in [9.17, 15) is 8.78 Å². The van der Waals surface area contributed by atoms with Gasteiger partial charge in [0.05, 0.1) is 6.54 Å². The first-order valence-electron chi connectivity index (χ1n) is 6.92. The first-order valence-corrected chi connectivity index (χ1v) is 7.80. The van der Waals surface area contributed by atoms with Gasteiger partial charge in [0.15, 0.2) is 5.82 Å². The fourth-order valence-corrected chi connectivity index (χ4v) is 3.10. The van der Waals surface area contributed by atoms with Gasteiger partial charge in [-0.2, -0.15) is 8.78 Å². The topological polar surface area (TPSA) is 42.7 Å². The average molecular weight is 310 g/mol. The number of aromatic nitrogens is 3. The number of para-hydroxylation sites is 1. The van der Waals surface area contributed by atoms with E-state index in [2.05, 4.69) is 20.1 Å². The van der Waals surface area contributed by atoms with Gasteiger partial charge in [-0.1, -0.05) is 23.9 Å². The smallest absolute Gasteiger partial charge is 0.288 e. The number of nitrogens with zero attached hydrogens (tertiary/aromatic N) is 3. The standard InChI is InChI=1S/C14H16F2N4S/c15-14(16)21-11-6-2-1-5-10(11)17-9-13-19-18-12-7-3-4-8-20(12)13/h1-2,5-6,14,17H,3-4,7-9H2. The van der Waals surface area contributed by atoms with Gasteiger partial charge in [0.2, 0.25) is 0 Å². The third-order valence-corrected chi connectivity index (χ3v) is 4.26. The molecule has 21 heavy (non-hydrogen) atoms. The van der Waals surface area contributed by atoms with E-state index in [4.69, 9.17) is 0 Å². The molecular formula is C14H16F2N4S. The molecule has 1 N–H and O–H groups in total. The van der Waals surface area contributed by atoms with Crippen LogP contribution in [0.25, 0.3) is 0 Å². The summed E-state index contributed by atoms with van der Waals surface area (Å²) in [6.07, 6.45) is 3.25. The molecule has 1 aliphatic heterocycles. The molecule has 2 aromatic rings. The van der Waals surface area contributed by atoms with Crippen LogP contribution in [0.5, 0.6) is 0 Å². The number of alkyl halides is 2. The second-order valence-electron chi connectivity index (χ2n) is 4.87. The SMILES string of the molecule is FC(F)Sc1ccccc1NCc1nnc2n1CCCC2. The Kier molecular flexibility index (Phi) is 4.38. The van der Waals surface area contributed by atoms with Crippen LogP contribution in [0, 0.1) is 0 Å². The van der Waals surface area contributed by atoms with Crippen molar-refractivity contribution in [3.05, 3.63) is 35.9 Å². The van der Waals surface area contributed by atoms with Crippen LogP contribution in [0.4, 0.5) is 14.5 Å². The van der Waals surface area contributed by atoms with E-state index >= 15 is 0 Å². The van der Waals surface area contributed by atoms with Gasteiger partial charge in [0, 0.05) is 23.5 Å². The number of aryl methyl sites for hydroxylation is 1. The zero-order chi connectivity index (χ0) is 14.7. The number of rotatable bonds is 5. The molecule has 112 valence electrons. The van der Waals surface area contributed by atoms with E-state index in [1.165, 1.54) is 0 Å². The molecular weight excluding hydrogens is 294 g/mol. The number of fused-ring (bicyclic) bond motifs is 1. The number of hydrogen-bond donors (Lipinski definition) is 1. The summed E-state index contributed by atoms with van der Waals surface area (Å²) in [6.45, 7) is 1.43. The molecule has 0 unspecified atom stereocenters. The lowest BCUT2D eigenvalue weighted by molar-refractivity contribution is 0.252. The lowest BCUT2D eigenvalue weighted by Crippen LogP contribution is -2.15. The highest BCUT2D eigenvalue weighted by Crippen LogP contribution is 2.31. The molecule has 0 saturated heterocycles. The lowest BCUT2D eigenvalue weighted by Gasteiger charge is -2.16. The van der Waals surface area contributed by atoms with Crippen molar-refractivity contribution in [1.29, 1.82) is 0 Å². The summed E-state index contributed by atoms with van der Waals surface area (Å²) in [5, 5.41) is 11.6. The van der Waals surface area contributed by atoms with Crippen molar-refractivity contribution in [2.45, 2.75) is 43.0 Å². The lowest BCUT2D eigenvalue weighted by atomic mass is 10.2. The number of thioether (sulfide) groups is 1. The molecule has 0 aliphatic carbocycles. The maximum atomic E-state index is 12.5. The maximum Gasteiger partial charge on any atom is 0.288 e. The minimum Gasteiger partial charge on any atom is -0.377 e. The third-order valence-electron chi connectivity index (χ3n) is 3.48. The minimum absolute atomic E-state index is 0.494. The summed E-state index contributed by atoms with van der Waals surface area (Å²) >= 11 is 0.552. The monoisotopic (exact) mass is 310 g/mol. The Balaban J connectivity index is 1.72. The number of halogens is 2. The van der Waals surface area contributed by atoms with Gasteiger partial charge in [0.25, 0.3) is 5.76 Å². The van der Waals surface area contributed by atoms with Crippen molar-refractivity contribution in [1.82, 2.24) is 14.8 Å². The summed E-state index contributed by atoms with van der Waals surface area (Å²) in [6, 6.07) is 7.09. The zero-order valence-corrected chi connectivity index (χ0v) is 12.2. The predicted molar refractivity (Wildman–Crippen MR) is 78.6 cm³/mol. The Bertz CT molecular complexity index is 615. The van der Waals surface area contributed by atoms with E-state index in [0.717, 1.165) is 37.5 Å². The Morgan fingerprint density at radius 3 is 2.95 bits per heavy atom. The summed E-state index contributed by atoms with van der Waals surface area (Å²) in [7, 11) is 0. The first kappa shape index (κ1) is 14.3. The molecule has 0 saturated carbocycles. The fourth-order valence-electron chi connectivity index (χ4n) is 2.48. The molecule has 1 aromatic carbocycles. The van der Waals surface area contributed by atoms with Crippen LogP contribution >= 0.6 is 11.8 Å². The van der Waals surface area contributed by atoms with Crippen LogP contribution in [-0.4, -0.2) is 20.5 Å². The highest BCUT2D eigenvalue weighted by molar-refractivity contribution is 7.99. The van der Waals surface area contributed by atoms with Gasteiger partial charge in [-0.15, -0.1) is 10.2 Å². The third kappa shape index (κ3) is 3.34. The molecule has 3 rings (SSSR count). The highest BCUT2D eigenvalue weighted by Gasteiger charge is 2.16. The van der Waals surface area contributed by atoms with Crippen LogP contribution < -0.4 is 5.32 Å². The summed E-state index contributed by atoms with van der Waals surface area (Å²) < 4.78 is 27.2. The van der Waals surface area contributed by atoms with Gasteiger partial charge in [-0.3, -0.25) is 0 Å². The summed E-state index contributed by atoms with van der Waals surface area (Å²) in [5.74, 6) is -0.538. The number of hydrogen-bond acceptors (Lipinski definition) is 4. The van der Waals surface area contributed by atoms with Crippen molar-refractivity contribution in [3.8, 4) is 0 Å². The van der Waals surface area contributed by atoms with Gasteiger partial charge >= 0.3 is 0 Å². The number of anilines is 1. The van der Waals surface area contributed by atoms with E-state index in [1.807, 2.05) is 6.07 Å². The van der Waals surface area contributed by atoms with Gasteiger partial charge in [0.1, 0.15) is 5.82 Å². The van der Waals surface area contributed by atoms with Gasteiger partial charge in [-0.25, -0.2) is 0 Å². The van der Waals surface area contributed by atoms with Crippen molar-refractivity contribution in [2.75, 3.05) is 5.32 Å². The van der Waals surface area contributed by atoms with Gasteiger partial charge in [-0.05, 0) is 25.0 Å². The summed E-state index contributed by atoms with van der Waals surface area (Å²) in [5.41, 5.74) is 0.705. The molecule has 0 fully saturated rings. The van der Waals surface area contributed by atoms with E-state index in [0.29, 0.717) is 28.9 Å². The molecule has 0 spiro atoms. The van der Waals surface area contributed by atoms with Crippen molar-refractivity contribution in [2.24, 2.45) is 0 Å². The van der Waals surface area contributed by atoms with Crippen molar-refractivity contribution in [3.63, 3.8) is 0 Å². The molecule has 2 heterocycles. The molecule has 7 heteroatoms. The zero-order valence-electron chi connectivity index (χ0n) is 11.4. The quantitative estimate of drug-likeness (QED) is 0.858. The minimum atomic E-state index is -2.42. The fraction of sp³-hybridized carbons (Fsp3) is 0.429. The largest absolute Gasteiger partial charge is 0.377 e. The molecule has 0 atom stereocenters. The highest BCUT2D eigenvalue weighted by atomic mass is 32.2. The molecule has 1 aliphatic rings. The second kappa shape index (κ2) is 6.43. The maximum absolute atomic E-state index is 12.5. The van der Waals surface area contributed by atoms with Crippen LogP contribution in [0.15, 0.2) is 29.2 Å². The molecule has 0 bridgehead atoms. The molecule has 4 nitrogen and oxygen atoms in total. The van der Waals surface area contributed by atoms with Crippen molar-refractivity contribution < 1.29 is 8.78 Å². The van der Waals surface area contributed by atoms with Crippen molar-refractivity contribution >= 4 is 17.4 Å². The molecule has 0 radical (unpaired) electrons. The second-order valence-corrected chi connectivity index (χ2v) is 5.90. The normalized spacial score (nSPS) is 14.2. The average Bonchev–Trinajstić information content (AvgIpc) is 2.89. The van der Waals surface area contributed by atoms with Crippen LogP contribution in [-0.2, 0) is 19.5 Å². The Morgan fingerprint density at radius 1 is 1.24 bits per heavy atom. The van der Waals surface area contributed by atoms with E-state index in [-0.39, 0.29) is 0 Å². The van der Waals surface area contributed by atoms with Crippen LogP contribution in [0.1, 0.15) is 24.5 Å². The van der Waals surface area contributed by atoms with E-state index < -0.39 is 5.76 Å². The number of nitrogens with one attached hydrogen (secondary N) is 1. The molecule has 1 aromatic heterocycles. The molecule has 0 amide bonds. The van der Waals surface area contributed by atoms with Crippen LogP contribution in [0.2, 0.25) is 0 Å². The van der Waals surface area contributed by atoms with Gasteiger partial charge < -0.3 is 9.88 Å².